The number of rotatable bonds is 1. The molecule has 5 rings (SSSR count). The molecule has 4 aliphatic rings. The topological polar surface area (TPSA) is 15.3 Å². The maximum atomic E-state index is 3.73. The zero-order valence-electron chi connectivity index (χ0n) is 10.2. The van der Waals surface area contributed by atoms with Crippen LogP contribution in [0.15, 0.2) is 24.3 Å². The summed E-state index contributed by atoms with van der Waals surface area (Å²) in [4.78, 5) is 2.68. The molecule has 0 aromatic heterocycles. The minimum Gasteiger partial charge on any atom is -0.366 e. The summed E-state index contributed by atoms with van der Waals surface area (Å²) in [5.41, 5.74) is 3.06. The zero-order chi connectivity index (χ0) is 11.2. The number of nitrogens with zero attached hydrogens (tertiary/aromatic N) is 1. The van der Waals surface area contributed by atoms with E-state index in [-0.39, 0.29) is 0 Å². The standard InChI is InChI=1S/C15H20N2/c1-2-4-14-12(3-1)7-8-17(14)15-9-11-5-6-13(15)16-10-11/h1-4,11,13,15-16H,5-10H2. The summed E-state index contributed by atoms with van der Waals surface area (Å²) in [6.07, 6.45) is 5.48. The molecule has 17 heavy (non-hydrogen) atoms. The number of para-hydroxylation sites is 1. The minimum absolute atomic E-state index is 0.742. The normalized spacial score (nSPS) is 35.1. The van der Waals surface area contributed by atoms with Gasteiger partial charge in [0.15, 0.2) is 0 Å². The molecule has 1 aromatic carbocycles. The van der Waals surface area contributed by atoms with Gasteiger partial charge in [0.05, 0.1) is 0 Å². The first-order chi connectivity index (χ1) is 8.42. The summed E-state index contributed by atoms with van der Waals surface area (Å²) < 4.78 is 0. The second-order valence-corrected chi connectivity index (χ2v) is 5.83. The van der Waals surface area contributed by atoms with Gasteiger partial charge in [0.1, 0.15) is 0 Å². The number of hydrogen-bond acceptors (Lipinski definition) is 2. The third kappa shape index (κ3) is 1.50. The van der Waals surface area contributed by atoms with E-state index < -0.39 is 0 Å². The lowest BCUT2D eigenvalue weighted by Crippen LogP contribution is -2.59. The predicted molar refractivity (Wildman–Crippen MR) is 70.4 cm³/mol. The van der Waals surface area contributed by atoms with E-state index in [9.17, 15) is 0 Å². The van der Waals surface area contributed by atoms with Crippen molar-refractivity contribution in [3.63, 3.8) is 0 Å². The molecule has 90 valence electrons. The first kappa shape index (κ1) is 9.95. The van der Waals surface area contributed by atoms with Crippen LogP contribution in [0.2, 0.25) is 0 Å². The Morgan fingerprint density at radius 2 is 2.12 bits per heavy atom. The van der Waals surface area contributed by atoms with Crippen molar-refractivity contribution >= 4 is 5.69 Å². The summed E-state index contributed by atoms with van der Waals surface area (Å²) in [5.74, 6) is 0.928. The van der Waals surface area contributed by atoms with Gasteiger partial charge in [-0.05, 0) is 49.8 Å². The molecule has 2 heteroatoms. The molecule has 3 unspecified atom stereocenters. The van der Waals surface area contributed by atoms with Crippen molar-refractivity contribution in [1.29, 1.82) is 0 Å². The van der Waals surface area contributed by atoms with Crippen LogP contribution in [0, 0.1) is 5.92 Å². The van der Waals surface area contributed by atoms with Crippen molar-refractivity contribution in [2.24, 2.45) is 5.92 Å². The van der Waals surface area contributed by atoms with Crippen LogP contribution in [0.5, 0.6) is 0 Å². The van der Waals surface area contributed by atoms with Crippen LogP contribution in [-0.2, 0) is 6.42 Å². The van der Waals surface area contributed by atoms with Crippen molar-refractivity contribution in [1.82, 2.24) is 5.32 Å². The third-order valence-corrected chi connectivity index (χ3v) is 4.92. The van der Waals surface area contributed by atoms with Gasteiger partial charge in [-0.15, -0.1) is 0 Å². The second kappa shape index (κ2) is 3.74. The molecule has 2 saturated heterocycles. The summed E-state index contributed by atoms with van der Waals surface area (Å²) >= 11 is 0. The number of hydrogen-bond donors (Lipinski definition) is 1. The quantitative estimate of drug-likeness (QED) is 0.792. The van der Waals surface area contributed by atoms with E-state index in [0.29, 0.717) is 0 Å². The average molecular weight is 228 g/mol. The Labute approximate surface area is 103 Å². The highest BCUT2D eigenvalue weighted by Crippen LogP contribution is 2.38. The van der Waals surface area contributed by atoms with E-state index in [1.807, 2.05) is 0 Å². The Morgan fingerprint density at radius 1 is 1.18 bits per heavy atom. The lowest BCUT2D eigenvalue weighted by molar-refractivity contribution is 0.179. The molecule has 0 spiro atoms. The number of fused-ring (bicyclic) bond motifs is 4. The molecule has 1 saturated carbocycles. The van der Waals surface area contributed by atoms with E-state index in [1.54, 1.807) is 5.56 Å². The Hall–Kier alpha value is -1.02. The fourth-order valence-electron chi connectivity index (χ4n) is 4.03. The summed E-state index contributed by atoms with van der Waals surface area (Å²) in [7, 11) is 0. The number of benzene rings is 1. The van der Waals surface area contributed by atoms with Gasteiger partial charge in [-0.3, -0.25) is 0 Å². The SMILES string of the molecule is c1ccc2c(c1)CCN2C1CC2CCC1NC2. The van der Waals surface area contributed by atoms with Crippen molar-refractivity contribution in [3.05, 3.63) is 29.8 Å². The molecule has 0 amide bonds. The first-order valence-electron chi connectivity index (χ1n) is 7.00. The molecule has 2 nitrogen and oxygen atoms in total. The molecule has 1 aliphatic carbocycles. The van der Waals surface area contributed by atoms with Crippen molar-refractivity contribution in [2.45, 2.75) is 37.8 Å². The van der Waals surface area contributed by atoms with Gasteiger partial charge in [0.2, 0.25) is 0 Å². The first-order valence-corrected chi connectivity index (χ1v) is 7.00. The van der Waals surface area contributed by atoms with Gasteiger partial charge in [-0.2, -0.15) is 0 Å². The molecule has 2 bridgehead atoms. The molecule has 3 fully saturated rings. The van der Waals surface area contributed by atoms with Gasteiger partial charge in [-0.1, -0.05) is 18.2 Å². The number of anilines is 1. The smallest absolute Gasteiger partial charge is 0.0446 e. The van der Waals surface area contributed by atoms with Crippen molar-refractivity contribution in [3.8, 4) is 0 Å². The van der Waals surface area contributed by atoms with E-state index in [2.05, 4.69) is 34.5 Å². The molecule has 1 N–H and O–H groups in total. The van der Waals surface area contributed by atoms with Crippen LogP contribution >= 0.6 is 0 Å². The third-order valence-electron chi connectivity index (χ3n) is 4.92. The number of nitrogens with one attached hydrogen (secondary N) is 1. The highest BCUT2D eigenvalue weighted by Gasteiger charge is 2.40. The van der Waals surface area contributed by atoms with Crippen LogP contribution in [0.1, 0.15) is 24.8 Å². The Bertz CT molecular complexity index is 421. The maximum absolute atomic E-state index is 3.73. The zero-order valence-corrected chi connectivity index (χ0v) is 10.2. The average Bonchev–Trinajstić information content (AvgIpc) is 2.84. The highest BCUT2D eigenvalue weighted by atomic mass is 15.2. The molecule has 3 atom stereocenters. The Balaban J connectivity index is 1.64. The monoisotopic (exact) mass is 228 g/mol. The minimum atomic E-state index is 0.742. The Kier molecular flexibility index (Phi) is 2.19. The van der Waals surface area contributed by atoms with Crippen LogP contribution in [0.3, 0.4) is 0 Å². The van der Waals surface area contributed by atoms with Crippen LogP contribution in [0.25, 0.3) is 0 Å². The molecule has 0 radical (unpaired) electrons. The molecule has 3 aliphatic heterocycles. The highest BCUT2D eigenvalue weighted by molar-refractivity contribution is 5.59. The lowest BCUT2D eigenvalue weighted by Gasteiger charge is -2.47. The second-order valence-electron chi connectivity index (χ2n) is 5.83. The maximum Gasteiger partial charge on any atom is 0.0446 e. The fraction of sp³-hybridized carbons (Fsp3) is 0.600. The van der Waals surface area contributed by atoms with Crippen molar-refractivity contribution in [2.75, 3.05) is 18.0 Å². The molecular formula is C15H20N2. The van der Waals surface area contributed by atoms with E-state index in [1.165, 1.54) is 44.5 Å². The Morgan fingerprint density at radius 3 is 2.88 bits per heavy atom. The van der Waals surface area contributed by atoms with Crippen LogP contribution < -0.4 is 10.2 Å². The summed E-state index contributed by atoms with van der Waals surface area (Å²) in [5, 5.41) is 3.73. The molecule has 3 heterocycles. The van der Waals surface area contributed by atoms with E-state index in [0.717, 1.165) is 18.0 Å². The predicted octanol–water partition coefficient (Wildman–Crippen LogP) is 2.19. The largest absolute Gasteiger partial charge is 0.366 e. The lowest BCUT2D eigenvalue weighted by atomic mass is 9.77. The molecule has 1 aromatic rings. The number of piperidine rings is 2. The van der Waals surface area contributed by atoms with Gasteiger partial charge in [-0.25, -0.2) is 0 Å². The van der Waals surface area contributed by atoms with Crippen LogP contribution in [0.4, 0.5) is 5.69 Å². The van der Waals surface area contributed by atoms with Crippen molar-refractivity contribution < 1.29 is 0 Å². The molecular weight excluding hydrogens is 208 g/mol. The fourth-order valence-corrected chi connectivity index (χ4v) is 4.03. The van der Waals surface area contributed by atoms with Crippen LogP contribution in [-0.4, -0.2) is 25.2 Å². The summed E-state index contributed by atoms with van der Waals surface area (Å²) in [6, 6.07) is 10.5. The van der Waals surface area contributed by atoms with Gasteiger partial charge in [0, 0.05) is 24.3 Å². The van der Waals surface area contributed by atoms with E-state index >= 15 is 0 Å². The summed E-state index contributed by atoms with van der Waals surface area (Å²) in [6.45, 7) is 2.49. The van der Waals surface area contributed by atoms with Gasteiger partial charge < -0.3 is 10.2 Å². The van der Waals surface area contributed by atoms with Gasteiger partial charge >= 0.3 is 0 Å². The van der Waals surface area contributed by atoms with E-state index in [4.69, 9.17) is 0 Å². The van der Waals surface area contributed by atoms with Gasteiger partial charge in [0.25, 0.3) is 0 Å².